The van der Waals surface area contributed by atoms with Crippen molar-refractivity contribution in [2.75, 3.05) is 46.4 Å². The molecule has 0 saturated carbocycles. The summed E-state index contributed by atoms with van der Waals surface area (Å²) in [5.74, 6) is 2.05. The first-order chi connectivity index (χ1) is 18.6. The number of aliphatic hydroxyl groups excluding tert-OH is 1. The molecule has 5 rings (SSSR count). The van der Waals surface area contributed by atoms with Gasteiger partial charge in [-0.1, -0.05) is 72.8 Å². The van der Waals surface area contributed by atoms with E-state index >= 15 is 0 Å². The zero-order chi connectivity index (χ0) is 26.3. The van der Waals surface area contributed by atoms with Crippen LogP contribution in [0.25, 0.3) is 11.4 Å². The molecule has 222 valence electrons. The lowest BCUT2D eigenvalue weighted by atomic mass is 9.88. The van der Waals surface area contributed by atoms with E-state index in [-0.39, 0.29) is 37.2 Å². The number of piperazine rings is 1. The van der Waals surface area contributed by atoms with E-state index in [1.54, 1.807) is 7.11 Å². The van der Waals surface area contributed by atoms with Crippen LogP contribution in [0.4, 0.5) is 0 Å². The Balaban J connectivity index is 0.00000196. The Morgan fingerprint density at radius 3 is 1.98 bits per heavy atom. The standard InChI is InChI=1S/C32H38N4O2.3ClH/c1-24-31(34-32(33-24)27-11-7-4-8-12-27)30(37)23-36-21-19-35(20-22-36)18-17-29(25-9-5-3-6-10-25)26-13-15-28(38-2)16-14-26;;;/h3-16,29-30,37H,17-23H2,1-2H3,(H,33,34);3*1H. The van der Waals surface area contributed by atoms with E-state index in [9.17, 15) is 5.11 Å². The van der Waals surface area contributed by atoms with E-state index in [1.807, 2.05) is 37.3 Å². The van der Waals surface area contributed by atoms with Crippen molar-refractivity contribution in [3.8, 4) is 17.1 Å². The number of aromatic amines is 1. The second-order valence-electron chi connectivity index (χ2n) is 10.1. The van der Waals surface area contributed by atoms with Crippen LogP contribution in [0.3, 0.4) is 0 Å². The molecule has 1 saturated heterocycles. The van der Waals surface area contributed by atoms with Gasteiger partial charge in [0.2, 0.25) is 0 Å². The Hall–Kier alpha value is -2.58. The van der Waals surface area contributed by atoms with Gasteiger partial charge in [0.15, 0.2) is 0 Å². The fourth-order valence-electron chi connectivity index (χ4n) is 5.42. The van der Waals surface area contributed by atoms with Crippen LogP contribution < -0.4 is 4.74 Å². The topological polar surface area (TPSA) is 64.6 Å². The lowest BCUT2D eigenvalue weighted by Gasteiger charge is -2.36. The number of nitrogens with one attached hydrogen (secondary N) is 1. The zero-order valence-electron chi connectivity index (χ0n) is 23.6. The molecule has 9 heteroatoms. The number of methoxy groups -OCH3 is 1. The summed E-state index contributed by atoms with van der Waals surface area (Å²) in [6.45, 7) is 7.54. The molecule has 2 atom stereocenters. The molecule has 1 aliphatic heterocycles. The predicted molar refractivity (Wildman–Crippen MR) is 174 cm³/mol. The highest BCUT2D eigenvalue weighted by atomic mass is 35.5. The number of aliphatic hydroxyl groups is 1. The van der Waals surface area contributed by atoms with Gasteiger partial charge in [0.05, 0.1) is 12.8 Å². The summed E-state index contributed by atoms with van der Waals surface area (Å²) in [4.78, 5) is 13.0. The van der Waals surface area contributed by atoms with Gasteiger partial charge in [0, 0.05) is 49.9 Å². The van der Waals surface area contributed by atoms with Gasteiger partial charge in [-0.05, 0) is 43.1 Å². The molecule has 0 spiro atoms. The summed E-state index contributed by atoms with van der Waals surface area (Å²) in [5, 5.41) is 11.0. The van der Waals surface area contributed by atoms with E-state index in [0.717, 1.165) is 67.7 Å². The third-order valence-electron chi connectivity index (χ3n) is 7.64. The first kappa shape index (κ1) is 34.6. The Morgan fingerprint density at radius 1 is 0.805 bits per heavy atom. The van der Waals surface area contributed by atoms with Crippen molar-refractivity contribution >= 4 is 37.2 Å². The molecule has 1 aliphatic rings. The monoisotopic (exact) mass is 618 g/mol. The zero-order valence-corrected chi connectivity index (χ0v) is 26.1. The maximum absolute atomic E-state index is 11.0. The molecular weight excluding hydrogens is 579 g/mol. The number of ether oxygens (including phenoxy) is 1. The lowest BCUT2D eigenvalue weighted by molar-refractivity contribution is 0.0699. The molecule has 0 bridgehead atoms. The normalized spacial score (nSPS) is 15.1. The van der Waals surface area contributed by atoms with Crippen molar-refractivity contribution in [1.29, 1.82) is 0 Å². The maximum atomic E-state index is 11.0. The number of nitrogens with zero attached hydrogens (tertiary/aromatic N) is 3. The van der Waals surface area contributed by atoms with Crippen LogP contribution in [0.2, 0.25) is 0 Å². The van der Waals surface area contributed by atoms with Gasteiger partial charge in [-0.15, -0.1) is 37.2 Å². The average Bonchev–Trinajstić information content (AvgIpc) is 3.37. The van der Waals surface area contributed by atoms with Crippen LogP contribution in [-0.2, 0) is 0 Å². The van der Waals surface area contributed by atoms with Gasteiger partial charge in [0.1, 0.15) is 17.7 Å². The Kier molecular flexibility index (Phi) is 14.2. The van der Waals surface area contributed by atoms with E-state index in [0.29, 0.717) is 12.5 Å². The van der Waals surface area contributed by atoms with Crippen molar-refractivity contribution in [3.05, 3.63) is 107 Å². The molecule has 2 heterocycles. The van der Waals surface area contributed by atoms with E-state index in [4.69, 9.17) is 9.72 Å². The van der Waals surface area contributed by atoms with Crippen LogP contribution in [0.5, 0.6) is 5.75 Å². The number of imidazole rings is 1. The van der Waals surface area contributed by atoms with Crippen molar-refractivity contribution in [1.82, 2.24) is 19.8 Å². The van der Waals surface area contributed by atoms with Crippen LogP contribution in [0, 0.1) is 6.92 Å². The minimum atomic E-state index is -0.604. The fourth-order valence-corrected chi connectivity index (χ4v) is 5.42. The van der Waals surface area contributed by atoms with E-state index in [1.165, 1.54) is 11.1 Å². The largest absolute Gasteiger partial charge is 0.497 e. The van der Waals surface area contributed by atoms with Gasteiger partial charge in [-0.2, -0.15) is 0 Å². The molecule has 4 aromatic rings. The minimum absolute atomic E-state index is 0. The molecule has 6 nitrogen and oxygen atoms in total. The highest BCUT2D eigenvalue weighted by Gasteiger charge is 2.24. The number of β-amino-alcohol motifs (C(OH)–C–C–N with tert-alkyl or cyclic N) is 1. The second kappa shape index (κ2) is 16.8. The van der Waals surface area contributed by atoms with Crippen LogP contribution in [0.15, 0.2) is 84.9 Å². The number of hydrogen-bond acceptors (Lipinski definition) is 5. The van der Waals surface area contributed by atoms with Crippen molar-refractivity contribution in [3.63, 3.8) is 0 Å². The van der Waals surface area contributed by atoms with Crippen molar-refractivity contribution < 1.29 is 9.84 Å². The molecular formula is C32H41Cl3N4O2. The lowest BCUT2D eigenvalue weighted by Crippen LogP contribution is -2.47. The van der Waals surface area contributed by atoms with E-state index < -0.39 is 6.10 Å². The highest BCUT2D eigenvalue weighted by molar-refractivity contribution is 5.86. The molecule has 1 aromatic heterocycles. The summed E-state index contributed by atoms with van der Waals surface area (Å²) in [6.07, 6.45) is 0.459. The summed E-state index contributed by atoms with van der Waals surface area (Å²) in [7, 11) is 1.71. The van der Waals surface area contributed by atoms with Gasteiger partial charge in [-0.25, -0.2) is 4.98 Å². The number of rotatable bonds is 10. The number of hydrogen-bond donors (Lipinski definition) is 2. The SMILES string of the molecule is COc1ccc(C(CCN2CCN(CC(O)c3nc(-c4ccccc4)[nH]c3C)CC2)c2ccccc2)cc1.Cl.Cl.Cl. The van der Waals surface area contributed by atoms with Crippen LogP contribution in [0.1, 0.15) is 41.0 Å². The number of aromatic nitrogens is 2. The number of aryl methyl sites for hydroxylation is 1. The average molecular weight is 620 g/mol. The fraction of sp³-hybridized carbons (Fsp3) is 0.344. The van der Waals surface area contributed by atoms with Gasteiger partial charge < -0.3 is 19.7 Å². The van der Waals surface area contributed by atoms with Crippen LogP contribution >= 0.6 is 37.2 Å². The number of H-pyrrole nitrogens is 1. The molecule has 3 aromatic carbocycles. The Labute approximate surface area is 262 Å². The molecule has 0 amide bonds. The minimum Gasteiger partial charge on any atom is -0.497 e. The first-order valence-electron chi connectivity index (χ1n) is 13.5. The number of halogens is 3. The Morgan fingerprint density at radius 2 is 1.37 bits per heavy atom. The third kappa shape index (κ3) is 8.95. The summed E-state index contributed by atoms with van der Waals surface area (Å²) in [6, 6.07) is 29.3. The molecule has 1 fully saturated rings. The summed E-state index contributed by atoms with van der Waals surface area (Å²) >= 11 is 0. The van der Waals surface area contributed by atoms with Gasteiger partial charge in [0.25, 0.3) is 0 Å². The molecule has 2 N–H and O–H groups in total. The maximum Gasteiger partial charge on any atom is 0.137 e. The molecule has 2 unspecified atom stereocenters. The van der Waals surface area contributed by atoms with Crippen LogP contribution in [-0.4, -0.2) is 71.3 Å². The highest BCUT2D eigenvalue weighted by Crippen LogP contribution is 2.30. The summed E-state index contributed by atoms with van der Waals surface area (Å²) < 4.78 is 5.37. The summed E-state index contributed by atoms with van der Waals surface area (Å²) in [5.41, 5.74) is 5.38. The van der Waals surface area contributed by atoms with E-state index in [2.05, 4.69) is 69.4 Å². The second-order valence-corrected chi connectivity index (χ2v) is 10.1. The van der Waals surface area contributed by atoms with Crippen molar-refractivity contribution in [2.45, 2.75) is 25.4 Å². The smallest absolute Gasteiger partial charge is 0.137 e. The first-order valence-corrected chi connectivity index (χ1v) is 13.5. The van der Waals surface area contributed by atoms with Gasteiger partial charge >= 0.3 is 0 Å². The molecule has 41 heavy (non-hydrogen) atoms. The predicted octanol–water partition coefficient (Wildman–Crippen LogP) is 6.53. The quantitative estimate of drug-likeness (QED) is 0.211. The van der Waals surface area contributed by atoms with Gasteiger partial charge in [-0.3, -0.25) is 4.90 Å². The molecule has 0 aliphatic carbocycles. The van der Waals surface area contributed by atoms with Crippen molar-refractivity contribution in [2.24, 2.45) is 0 Å². The molecule has 0 radical (unpaired) electrons. The number of benzene rings is 3. The Bertz CT molecular complexity index is 1280. The third-order valence-corrected chi connectivity index (χ3v) is 7.64.